The maximum absolute atomic E-state index is 12.7. The van der Waals surface area contributed by atoms with Crippen LogP contribution in [0, 0.1) is 0 Å². The number of carbonyl (C=O) groups excluding carboxylic acids is 1. The smallest absolute Gasteiger partial charge is 0.321 e. The molecule has 0 radical (unpaired) electrons. The molecule has 5 rings (SSSR count). The van der Waals surface area contributed by atoms with Gasteiger partial charge in [0.2, 0.25) is 0 Å². The molecule has 0 saturated carbocycles. The van der Waals surface area contributed by atoms with Crippen LogP contribution in [0.15, 0.2) is 60.9 Å². The number of nitrogens with one attached hydrogen (secondary N) is 1. The number of fused-ring (bicyclic) bond motifs is 1. The van der Waals surface area contributed by atoms with Crippen molar-refractivity contribution >= 4 is 39.3 Å². The fraction of sp³-hybridized carbons (Fsp3) is 0.250. The van der Waals surface area contributed by atoms with Gasteiger partial charge in [-0.25, -0.2) is 14.8 Å². The molecular weight excluding hydrogens is 436 g/mol. The Kier molecular flexibility index (Phi) is 6.03. The van der Waals surface area contributed by atoms with Crippen LogP contribution in [0.1, 0.15) is 6.92 Å². The molecule has 2 amide bonds. The minimum Gasteiger partial charge on any atom is -0.494 e. The van der Waals surface area contributed by atoms with E-state index in [0.29, 0.717) is 32.8 Å². The Morgan fingerprint density at radius 3 is 2.52 bits per heavy atom. The number of aromatic nitrogens is 3. The van der Waals surface area contributed by atoms with Gasteiger partial charge in [0.25, 0.3) is 0 Å². The number of benzene rings is 2. The van der Waals surface area contributed by atoms with Crippen LogP contribution >= 0.6 is 11.5 Å². The molecule has 2 aromatic heterocycles. The summed E-state index contributed by atoms with van der Waals surface area (Å²) in [4.78, 5) is 25.8. The summed E-state index contributed by atoms with van der Waals surface area (Å²) in [6, 6.07) is 17.4. The van der Waals surface area contributed by atoms with E-state index in [1.807, 2.05) is 66.4 Å². The lowest BCUT2D eigenvalue weighted by Crippen LogP contribution is -2.50. The van der Waals surface area contributed by atoms with Crippen molar-refractivity contribution in [2.75, 3.05) is 43.0 Å². The van der Waals surface area contributed by atoms with E-state index in [1.165, 1.54) is 11.5 Å². The maximum Gasteiger partial charge on any atom is 0.321 e. The Bertz CT molecular complexity index is 1240. The first-order valence-corrected chi connectivity index (χ1v) is 11.7. The SMILES string of the molecule is CCOc1ccc(NC(=O)N2CCN(c3ncnc4c(-c5ccccc5)nsc34)CC2)cc1. The van der Waals surface area contributed by atoms with Crippen LogP contribution in [0.2, 0.25) is 0 Å². The van der Waals surface area contributed by atoms with Crippen LogP contribution < -0.4 is 15.0 Å². The van der Waals surface area contributed by atoms with Crippen molar-refractivity contribution in [1.82, 2.24) is 19.2 Å². The standard InChI is InChI=1S/C24H24N6O2S/c1-2-32-19-10-8-18(9-11-19)27-24(31)30-14-12-29(13-15-30)23-22-21(25-16-26-23)20(28-33-22)17-6-4-3-5-7-17/h3-11,16H,2,12-15H2,1H3,(H,27,31). The number of ether oxygens (including phenoxy) is 1. The van der Waals surface area contributed by atoms with Crippen molar-refractivity contribution < 1.29 is 9.53 Å². The number of amides is 2. The highest BCUT2D eigenvalue weighted by Gasteiger charge is 2.25. The molecule has 0 aliphatic carbocycles. The molecule has 3 heterocycles. The highest BCUT2D eigenvalue weighted by Crippen LogP contribution is 2.34. The van der Waals surface area contributed by atoms with Gasteiger partial charge < -0.3 is 19.9 Å². The average molecular weight is 461 g/mol. The van der Waals surface area contributed by atoms with E-state index >= 15 is 0 Å². The molecule has 1 aliphatic heterocycles. The summed E-state index contributed by atoms with van der Waals surface area (Å²) in [6.45, 7) is 5.17. The fourth-order valence-corrected chi connectivity index (χ4v) is 4.76. The highest BCUT2D eigenvalue weighted by molar-refractivity contribution is 7.14. The number of anilines is 2. The van der Waals surface area contributed by atoms with Gasteiger partial charge in [0.05, 0.1) is 6.61 Å². The lowest BCUT2D eigenvalue weighted by molar-refractivity contribution is 0.208. The zero-order valence-corrected chi connectivity index (χ0v) is 19.1. The van der Waals surface area contributed by atoms with E-state index in [-0.39, 0.29) is 6.03 Å². The first-order chi connectivity index (χ1) is 16.2. The molecule has 168 valence electrons. The van der Waals surface area contributed by atoms with Gasteiger partial charge in [0, 0.05) is 37.4 Å². The van der Waals surface area contributed by atoms with E-state index in [1.54, 1.807) is 6.33 Å². The van der Waals surface area contributed by atoms with Gasteiger partial charge in [-0.1, -0.05) is 30.3 Å². The van der Waals surface area contributed by atoms with Crippen LogP contribution in [-0.2, 0) is 0 Å². The van der Waals surface area contributed by atoms with Gasteiger partial charge in [-0.05, 0) is 42.7 Å². The van der Waals surface area contributed by atoms with Crippen LogP contribution in [-0.4, -0.2) is 58.1 Å². The molecule has 1 fully saturated rings. The maximum atomic E-state index is 12.7. The second-order valence-electron chi connectivity index (χ2n) is 7.63. The molecule has 9 heteroatoms. The summed E-state index contributed by atoms with van der Waals surface area (Å²) < 4.78 is 11.1. The molecule has 0 spiro atoms. The van der Waals surface area contributed by atoms with Crippen molar-refractivity contribution in [2.45, 2.75) is 6.92 Å². The Morgan fingerprint density at radius 1 is 1.03 bits per heavy atom. The molecule has 4 aromatic rings. The molecular formula is C24H24N6O2S. The summed E-state index contributed by atoms with van der Waals surface area (Å²) in [5.74, 6) is 1.67. The van der Waals surface area contributed by atoms with Crippen molar-refractivity contribution in [2.24, 2.45) is 0 Å². The lowest BCUT2D eigenvalue weighted by atomic mass is 10.1. The number of urea groups is 1. The first kappa shape index (κ1) is 21.1. The van der Waals surface area contributed by atoms with E-state index < -0.39 is 0 Å². The van der Waals surface area contributed by atoms with Crippen molar-refractivity contribution in [3.63, 3.8) is 0 Å². The van der Waals surface area contributed by atoms with Gasteiger partial charge >= 0.3 is 6.03 Å². The molecule has 0 atom stereocenters. The number of hydrogen-bond acceptors (Lipinski definition) is 7. The third-order valence-corrected chi connectivity index (χ3v) is 6.40. The zero-order valence-electron chi connectivity index (χ0n) is 18.3. The van der Waals surface area contributed by atoms with Crippen LogP contribution in [0.4, 0.5) is 16.3 Å². The summed E-state index contributed by atoms with van der Waals surface area (Å²) in [5.41, 5.74) is 3.55. The topological polar surface area (TPSA) is 83.5 Å². The lowest BCUT2D eigenvalue weighted by Gasteiger charge is -2.35. The number of nitrogens with zero attached hydrogens (tertiary/aromatic N) is 5. The van der Waals surface area contributed by atoms with Crippen LogP contribution in [0.5, 0.6) is 5.75 Å². The number of carbonyl (C=O) groups is 1. The van der Waals surface area contributed by atoms with E-state index in [9.17, 15) is 4.79 Å². The molecule has 1 aliphatic rings. The monoisotopic (exact) mass is 460 g/mol. The van der Waals surface area contributed by atoms with Crippen LogP contribution in [0.3, 0.4) is 0 Å². The normalized spacial score (nSPS) is 13.8. The number of rotatable bonds is 5. The summed E-state index contributed by atoms with van der Waals surface area (Å²) in [5, 5.41) is 2.97. The summed E-state index contributed by atoms with van der Waals surface area (Å²) >= 11 is 1.42. The van der Waals surface area contributed by atoms with Crippen molar-refractivity contribution in [3.8, 4) is 17.0 Å². The zero-order chi connectivity index (χ0) is 22.6. The molecule has 2 aromatic carbocycles. The van der Waals surface area contributed by atoms with Crippen LogP contribution in [0.25, 0.3) is 21.5 Å². The molecule has 8 nitrogen and oxygen atoms in total. The van der Waals surface area contributed by atoms with Crippen molar-refractivity contribution in [3.05, 3.63) is 60.9 Å². The van der Waals surface area contributed by atoms with E-state index in [0.717, 1.165) is 38.7 Å². The Morgan fingerprint density at radius 2 is 1.79 bits per heavy atom. The number of hydrogen-bond donors (Lipinski definition) is 1. The fourth-order valence-electron chi connectivity index (χ4n) is 3.89. The highest BCUT2D eigenvalue weighted by atomic mass is 32.1. The quantitative estimate of drug-likeness (QED) is 0.472. The van der Waals surface area contributed by atoms with Gasteiger partial charge in [-0.2, -0.15) is 4.37 Å². The molecule has 1 saturated heterocycles. The summed E-state index contributed by atoms with van der Waals surface area (Å²) in [7, 11) is 0. The third kappa shape index (κ3) is 4.45. The predicted octanol–water partition coefficient (Wildman–Crippen LogP) is 4.51. The predicted molar refractivity (Wildman–Crippen MR) is 131 cm³/mol. The number of piperazine rings is 1. The van der Waals surface area contributed by atoms with E-state index in [2.05, 4.69) is 24.6 Å². The largest absolute Gasteiger partial charge is 0.494 e. The van der Waals surface area contributed by atoms with Gasteiger partial charge in [-0.3, -0.25) is 0 Å². The van der Waals surface area contributed by atoms with Crippen molar-refractivity contribution in [1.29, 1.82) is 0 Å². The second-order valence-corrected chi connectivity index (χ2v) is 8.41. The van der Waals surface area contributed by atoms with Gasteiger partial charge in [0.1, 0.15) is 28.0 Å². The Balaban J connectivity index is 1.25. The summed E-state index contributed by atoms with van der Waals surface area (Å²) in [6.07, 6.45) is 1.60. The third-order valence-electron chi connectivity index (χ3n) is 5.57. The van der Waals surface area contributed by atoms with Gasteiger partial charge in [0.15, 0.2) is 5.82 Å². The average Bonchev–Trinajstić information content (AvgIpc) is 3.30. The molecule has 0 unspecified atom stereocenters. The molecule has 1 N–H and O–H groups in total. The first-order valence-electron chi connectivity index (χ1n) is 10.9. The van der Waals surface area contributed by atoms with E-state index in [4.69, 9.17) is 4.74 Å². The minimum atomic E-state index is -0.101. The second kappa shape index (κ2) is 9.41. The Labute approximate surface area is 196 Å². The molecule has 0 bridgehead atoms. The minimum absolute atomic E-state index is 0.101. The molecule has 33 heavy (non-hydrogen) atoms. The van der Waals surface area contributed by atoms with Gasteiger partial charge in [-0.15, -0.1) is 0 Å². The Hall–Kier alpha value is -3.72.